The minimum absolute atomic E-state index is 0.0720. The van der Waals surface area contributed by atoms with Crippen molar-refractivity contribution in [3.05, 3.63) is 48.6 Å². The first-order valence-corrected chi connectivity index (χ1v) is 34.6. The lowest BCUT2D eigenvalue weighted by atomic mass is 10.0. The number of esters is 3. The molecule has 1 atom stereocenters. The molecule has 0 aliphatic carbocycles. The van der Waals surface area contributed by atoms with E-state index in [-0.39, 0.29) is 31.1 Å². The van der Waals surface area contributed by atoms with Gasteiger partial charge < -0.3 is 14.2 Å². The van der Waals surface area contributed by atoms with Crippen molar-refractivity contribution in [3.8, 4) is 0 Å². The molecular weight excluding hydrogens is 961 g/mol. The van der Waals surface area contributed by atoms with Crippen LogP contribution in [0.4, 0.5) is 0 Å². The van der Waals surface area contributed by atoms with Crippen LogP contribution >= 0.6 is 0 Å². The monoisotopic (exact) mass is 1090 g/mol. The molecule has 78 heavy (non-hydrogen) atoms. The number of carbonyl (C=O) groups is 3. The number of carbonyl (C=O) groups excluding carboxylic acids is 3. The fourth-order valence-electron chi connectivity index (χ4n) is 10.3. The Morgan fingerprint density at radius 3 is 0.731 bits per heavy atom. The second kappa shape index (κ2) is 66.9. The van der Waals surface area contributed by atoms with Gasteiger partial charge >= 0.3 is 17.9 Å². The van der Waals surface area contributed by atoms with Crippen LogP contribution < -0.4 is 0 Å². The largest absolute Gasteiger partial charge is 0.462 e. The van der Waals surface area contributed by atoms with E-state index >= 15 is 0 Å². The van der Waals surface area contributed by atoms with Crippen LogP contribution in [0.5, 0.6) is 0 Å². The van der Waals surface area contributed by atoms with Gasteiger partial charge in [0, 0.05) is 19.3 Å². The summed E-state index contributed by atoms with van der Waals surface area (Å²) >= 11 is 0. The molecule has 1 unspecified atom stereocenters. The van der Waals surface area contributed by atoms with Crippen molar-refractivity contribution in [2.75, 3.05) is 13.2 Å². The summed E-state index contributed by atoms with van der Waals surface area (Å²) in [5.41, 5.74) is 0. The van der Waals surface area contributed by atoms with Crippen LogP contribution in [0.3, 0.4) is 0 Å². The molecule has 0 spiro atoms. The minimum atomic E-state index is -0.774. The van der Waals surface area contributed by atoms with Gasteiger partial charge in [0.2, 0.25) is 0 Å². The van der Waals surface area contributed by atoms with E-state index in [2.05, 4.69) is 69.4 Å². The molecular formula is C72H132O6. The predicted octanol–water partition coefficient (Wildman–Crippen LogP) is 23.7. The predicted molar refractivity (Wildman–Crippen MR) is 339 cm³/mol. The van der Waals surface area contributed by atoms with E-state index in [1.54, 1.807) is 0 Å². The first-order valence-electron chi connectivity index (χ1n) is 34.6. The molecule has 0 aromatic carbocycles. The maximum Gasteiger partial charge on any atom is 0.306 e. The second-order valence-corrected chi connectivity index (χ2v) is 23.4. The van der Waals surface area contributed by atoms with E-state index in [9.17, 15) is 14.4 Å². The first kappa shape index (κ1) is 75.4. The second-order valence-electron chi connectivity index (χ2n) is 23.4. The van der Waals surface area contributed by atoms with Gasteiger partial charge in [-0.3, -0.25) is 14.4 Å². The van der Waals surface area contributed by atoms with E-state index in [1.807, 2.05) is 0 Å². The van der Waals surface area contributed by atoms with Gasteiger partial charge in [0.25, 0.3) is 0 Å². The maximum absolute atomic E-state index is 12.9. The zero-order valence-electron chi connectivity index (χ0n) is 52.5. The number of allylic oxidation sites excluding steroid dienone is 8. The van der Waals surface area contributed by atoms with E-state index in [0.717, 1.165) is 77.0 Å². The standard InChI is InChI=1S/C72H132O6/c1-4-7-10-13-16-19-21-23-25-27-29-31-33-34-35-36-37-38-40-41-43-45-47-49-51-53-56-59-62-65-71(74)77-68-69(67-76-70(73)64-61-58-55-18-15-12-9-6-3)78-72(75)66-63-60-57-54-52-50-48-46-44-42-39-32-30-28-26-24-22-20-17-14-11-8-5-2/h22,24,27-30,39,42,69H,4-21,23,25-26,31-38,40-41,43-68H2,1-3H3/b24-22-,29-27-,30-28-,42-39-. The van der Waals surface area contributed by atoms with Crippen molar-refractivity contribution in [2.45, 2.75) is 380 Å². The smallest absolute Gasteiger partial charge is 0.306 e. The Hall–Kier alpha value is -2.63. The summed E-state index contributed by atoms with van der Waals surface area (Å²) in [6.45, 7) is 6.65. The summed E-state index contributed by atoms with van der Waals surface area (Å²) in [6.07, 6.45) is 84.4. The Balaban J connectivity index is 4.09. The van der Waals surface area contributed by atoms with Gasteiger partial charge in [0.05, 0.1) is 0 Å². The van der Waals surface area contributed by atoms with E-state index in [1.165, 1.54) is 257 Å². The highest BCUT2D eigenvalue weighted by molar-refractivity contribution is 5.71. The van der Waals surface area contributed by atoms with Crippen molar-refractivity contribution in [1.29, 1.82) is 0 Å². The topological polar surface area (TPSA) is 78.9 Å². The molecule has 0 N–H and O–H groups in total. The number of ether oxygens (including phenoxy) is 3. The van der Waals surface area contributed by atoms with Crippen molar-refractivity contribution in [2.24, 2.45) is 0 Å². The van der Waals surface area contributed by atoms with Crippen LogP contribution in [0, 0.1) is 0 Å². The summed E-state index contributed by atoms with van der Waals surface area (Å²) < 4.78 is 16.9. The van der Waals surface area contributed by atoms with Gasteiger partial charge in [-0.2, -0.15) is 0 Å². The summed E-state index contributed by atoms with van der Waals surface area (Å²) in [4.78, 5) is 38.2. The van der Waals surface area contributed by atoms with E-state index < -0.39 is 6.10 Å². The maximum atomic E-state index is 12.9. The van der Waals surface area contributed by atoms with Crippen molar-refractivity contribution < 1.29 is 28.6 Å². The van der Waals surface area contributed by atoms with Gasteiger partial charge in [-0.05, 0) is 83.5 Å². The Bertz CT molecular complexity index is 1350. The summed E-state index contributed by atoms with van der Waals surface area (Å²) in [5.74, 6) is -0.862. The van der Waals surface area contributed by atoms with Gasteiger partial charge in [-0.1, -0.05) is 320 Å². The zero-order chi connectivity index (χ0) is 56.4. The molecule has 456 valence electrons. The Morgan fingerprint density at radius 2 is 0.462 bits per heavy atom. The molecule has 0 amide bonds. The fourth-order valence-corrected chi connectivity index (χ4v) is 10.3. The van der Waals surface area contributed by atoms with Gasteiger partial charge in [-0.25, -0.2) is 0 Å². The molecule has 0 aliphatic heterocycles. The molecule has 0 bridgehead atoms. The Morgan fingerprint density at radius 1 is 0.256 bits per heavy atom. The zero-order valence-corrected chi connectivity index (χ0v) is 52.5. The number of hydrogen-bond donors (Lipinski definition) is 0. The lowest BCUT2D eigenvalue weighted by Gasteiger charge is -2.18. The molecule has 0 rings (SSSR count). The Kier molecular flexibility index (Phi) is 64.6. The van der Waals surface area contributed by atoms with Crippen molar-refractivity contribution in [1.82, 2.24) is 0 Å². The highest BCUT2D eigenvalue weighted by atomic mass is 16.6. The molecule has 6 heteroatoms. The summed E-state index contributed by atoms with van der Waals surface area (Å²) in [7, 11) is 0. The normalized spacial score (nSPS) is 12.3. The summed E-state index contributed by atoms with van der Waals surface area (Å²) in [5, 5.41) is 0. The molecule has 6 nitrogen and oxygen atoms in total. The Labute approximate surface area is 486 Å². The number of unbranched alkanes of at least 4 members (excludes halogenated alkanes) is 45. The van der Waals surface area contributed by atoms with Crippen LogP contribution in [-0.2, 0) is 28.6 Å². The SMILES string of the molecule is CCCCCCC/C=C\C/C=C\C/C=C\CCCCCCCCCCC(=O)OC(COC(=O)CCCCCCCCCC)COC(=O)CCCCCCCCCCCCCCCCCCC/C=C\CCCCCCCCCC. The van der Waals surface area contributed by atoms with Crippen LogP contribution in [0.1, 0.15) is 374 Å². The number of hydrogen-bond acceptors (Lipinski definition) is 6. The highest BCUT2D eigenvalue weighted by Crippen LogP contribution is 2.18. The third kappa shape index (κ3) is 64.2. The average molecular weight is 1090 g/mol. The minimum Gasteiger partial charge on any atom is -0.462 e. The van der Waals surface area contributed by atoms with Gasteiger partial charge in [-0.15, -0.1) is 0 Å². The van der Waals surface area contributed by atoms with Crippen LogP contribution in [0.25, 0.3) is 0 Å². The fraction of sp³-hybridized carbons (Fsp3) is 0.847. The lowest BCUT2D eigenvalue weighted by Crippen LogP contribution is -2.30. The average Bonchev–Trinajstić information content (AvgIpc) is 3.44. The third-order valence-electron chi connectivity index (χ3n) is 15.6. The molecule has 0 fully saturated rings. The molecule has 0 saturated carbocycles. The molecule has 0 radical (unpaired) electrons. The molecule has 0 aromatic heterocycles. The van der Waals surface area contributed by atoms with Gasteiger partial charge in [0.1, 0.15) is 13.2 Å². The van der Waals surface area contributed by atoms with Gasteiger partial charge in [0.15, 0.2) is 6.10 Å². The molecule has 0 aliphatic rings. The quantitative estimate of drug-likeness (QED) is 0.0261. The van der Waals surface area contributed by atoms with Crippen LogP contribution in [-0.4, -0.2) is 37.2 Å². The summed E-state index contributed by atoms with van der Waals surface area (Å²) in [6, 6.07) is 0. The molecule has 0 aromatic rings. The molecule has 0 saturated heterocycles. The molecule has 0 heterocycles. The highest BCUT2D eigenvalue weighted by Gasteiger charge is 2.19. The van der Waals surface area contributed by atoms with Crippen molar-refractivity contribution >= 4 is 17.9 Å². The number of rotatable bonds is 64. The van der Waals surface area contributed by atoms with Crippen LogP contribution in [0.2, 0.25) is 0 Å². The first-order chi connectivity index (χ1) is 38.5. The third-order valence-corrected chi connectivity index (χ3v) is 15.6. The van der Waals surface area contributed by atoms with Crippen LogP contribution in [0.15, 0.2) is 48.6 Å². The van der Waals surface area contributed by atoms with E-state index in [4.69, 9.17) is 14.2 Å². The van der Waals surface area contributed by atoms with E-state index in [0.29, 0.717) is 19.3 Å². The van der Waals surface area contributed by atoms with Crippen molar-refractivity contribution in [3.63, 3.8) is 0 Å². The lowest BCUT2D eigenvalue weighted by molar-refractivity contribution is -0.167.